The number of nitrogens with two attached hydrogens (primary N) is 1. The minimum absolute atomic E-state index is 0. The van der Waals surface area contributed by atoms with Gasteiger partial charge in [0.15, 0.2) is 0 Å². The molecule has 0 aliphatic carbocycles. The second-order valence-corrected chi connectivity index (χ2v) is 6.58. The zero-order valence-corrected chi connectivity index (χ0v) is 15.5. The summed E-state index contributed by atoms with van der Waals surface area (Å²) in [6, 6.07) is 5.32. The van der Waals surface area contributed by atoms with E-state index in [1.54, 1.807) is 12.1 Å². The molecule has 0 atom stereocenters. The molecular formula is C13H20BrCl2N3OS. The summed E-state index contributed by atoms with van der Waals surface area (Å²) < 4.78 is 0.882. The van der Waals surface area contributed by atoms with Gasteiger partial charge in [0.1, 0.15) is 0 Å². The van der Waals surface area contributed by atoms with Gasteiger partial charge in [0.2, 0.25) is 0 Å². The molecule has 1 saturated heterocycles. The number of anilines is 1. The Morgan fingerprint density at radius 3 is 2.62 bits per heavy atom. The molecule has 0 bridgehead atoms. The van der Waals surface area contributed by atoms with Crippen molar-refractivity contribution in [1.82, 2.24) is 10.2 Å². The van der Waals surface area contributed by atoms with Crippen molar-refractivity contribution >= 4 is 64.1 Å². The van der Waals surface area contributed by atoms with Crippen LogP contribution in [0.1, 0.15) is 10.4 Å². The molecule has 1 heterocycles. The van der Waals surface area contributed by atoms with Crippen LogP contribution >= 0.6 is 52.5 Å². The molecule has 120 valence electrons. The summed E-state index contributed by atoms with van der Waals surface area (Å²) in [5.74, 6) is 2.28. The molecule has 0 radical (unpaired) electrons. The number of nitrogens with zero attached hydrogens (tertiary/aromatic N) is 1. The molecule has 1 aromatic carbocycles. The molecular weight excluding hydrogens is 397 g/mol. The van der Waals surface area contributed by atoms with Crippen LogP contribution in [0.3, 0.4) is 0 Å². The number of benzene rings is 1. The minimum Gasteiger partial charge on any atom is -0.398 e. The first-order valence-corrected chi connectivity index (χ1v) is 8.25. The van der Waals surface area contributed by atoms with Crippen LogP contribution in [-0.4, -0.2) is 48.5 Å². The highest BCUT2D eigenvalue weighted by Gasteiger charge is 2.12. The van der Waals surface area contributed by atoms with Crippen LogP contribution in [0.15, 0.2) is 22.7 Å². The third-order valence-electron chi connectivity index (χ3n) is 3.08. The minimum atomic E-state index is -0.101. The van der Waals surface area contributed by atoms with E-state index in [-0.39, 0.29) is 30.7 Å². The number of hydrogen-bond donors (Lipinski definition) is 2. The highest BCUT2D eigenvalue weighted by atomic mass is 79.9. The molecule has 1 aromatic rings. The lowest BCUT2D eigenvalue weighted by Gasteiger charge is -2.26. The van der Waals surface area contributed by atoms with Crippen LogP contribution in [0.2, 0.25) is 0 Å². The first-order chi connectivity index (χ1) is 9.16. The summed E-state index contributed by atoms with van der Waals surface area (Å²) in [5.41, 5.74) is 6.87. The van der Waals surface area contributed by atoms with Gasteiger partial charge < -0.3 is 11.1 Å². The lowest BCUT2D eigenvalue weighted by Crippen LogP contribution is -2.39. The zero-order valence-electron chi connectivity index (χ0n) is 11.5. The summed E-state index contributed by atoms with van der Waals surface area (Å²) in [7, 11) is 0. The Kier molecular flexibility index (Phi) is 10.5. The van der Waals surface area contributed by atoms with E-state index in [4.69, 9.17) is 5.73 Å². The maximum Gasteiger partial charge on any atom is 0.253 e. The molecule has 1 aliphatic rings. The van der Waals surface area contributed by atoms with E-state index < -0.39 is 0 Å². The topological polar surface area (TPSA) is 58.4 Å². The average molecular weight is 417 g/mol. The van der Waals surface area contributed by atoms with Gasteiger partial charge in [-0.3, -0.25) is 9.69 Å². The van der Waals surface area contributed by atoms with Gasteiger partial charge in [-0.1, -0.05) is 15.9 Å². The van der Waals surface area contributed by atoms with Gasteiger partial charge in [0.25, 0.3) is 5.91 Å². The smallest absolute Gasteiger partial charge is 0.253 e. The largest absolute Gasteiger partial charge is 0.398 e. The first-order valence-electron chi connectivity index (χ1n) is 6.30. The van der Waals surface area contributed by atoms with Crippen LogP contribution in [0.5, 0.6) is 0 Å². The molecule has 0 aromatic heterocycles. The van der Waals surface area contributed by atoms with E-state index in [2.05, 4.69) is 26.1 Å². The Bertz CT molecular complexity index is 459. The number of carbonyl (C=O) groups is 1. The number of halogens is 3. The van der Waals surface area contributed by atoms with Crippen LogP contribution < -0.4 is 11.1 Å². The van der Waals surface area contributed by atoms with E-state index in [9.17, 15) is 4.79 Å². The number of rotatable bonds is 4. The van der Waals surface area contributed by atoms with Gasteiger partial charge in [-0.05, 0) is 18.2 Å². The standard InChI is InChI=1S/C13H18BrN3OS.2ClH/c14-10-1-2-11(12(15)9-10)13(18)16-3-4-17-5-7-19-8-6-17;;/h1-2,9H,3-8,15H2,(H,16,18);2*1H. The fourth-order valence-corrected chi connectivity index (χ4v) is 3.35. The van der Waals surface area contributed by atoms with Crippen molar-refractivity contribution in [3.63, 3.8) is 0 Å². The predicted octanol–water partition coefficient (Wildman–Crippen LogP) is 2.65. The van der Waals surface area contributed by atoms with Crippen molar-refractivity contribution in [1.29, 1.82) is 0 Å². The molecule has 1 aliphatic heterocycles. The summed E-state index contributed by atoms with van der Waals surface area (Å²) in [6.45, 7) is 3.80. The van der Waals surface area contributed by atoms with Gasteiger partial charge >= 0.3 is 0 Å². The van der Waals surface area contributed by atoms with Crippen LogP contribution in [-0.2, 0) is 0 Å². The predicted molar refractivity (Wildman–Crippen MR) is 99.1 cm³/mol. The fraction of sp³-hybridized carbons (Fsp3) is 0.462. The number of nitrogens with one attached hydrogen (secondary N) is 1. The SMILES string of the molecule is Cl.Cl.Nc1cc(Br)ccc1C(=O)NCCN1CCSCC1. The van der Waals surface area contributed by atoms with Gasteiger partial charge in [-0.25, -0.2) is 0 Å². The maximum atomic E-state index is 12.0. The lowest BCUT2D eigenvalue weighted by atomic mass is 10.1. The number of hydrogen-bond acceptors (Lipinski definition) is 4. The summed E-state index contributed by atoms with van der Waals surface area (Å²) >= 11 is 5.32. The second-order valence-electron chi connectivity index (χ2n) is 4.44. The summed E-state index contributed by atoms with van der Waals surface area (Å²) in [5, 5.41) is 2.92. The van der Waals surface area contributed by atoms with Crippen molar-refractivity contribution in [3.05, 3.63) is 28.2 Å². The van der Waals surface area contributed by atoms with Crippen LogP contribution in [0.4, 0.5) is 5.69 Å². The molecule has 1 amide bonds. The van der Waals surface area contributed by atoms with Crippen molar-refractivity contribution in [2.75, 3.05) is 43.4 Å². The molecule has 0 saturated carbocycles. The fourth-order valence-electron chi connectivity index (χ4n) is 1.99. The molecule has 0 spiro atoms. The van der Waals surface area contributed by atoms with E-state index in [0.29, 0.717) is 17.8 Å². The number of amides is 1. The van der Waals surface area contributed by atoms with Crippen molar-refractivity contribution < 1.29 is 4.79 Å². The Labute approximate surface area is 150 Å². The Morgan fingerprint density at radius 2 is 2.00 bits per heavy atom. The summed E-state index contributed by atoms with van der Waals surface area (Å²) in [6.07, 6.45) is 0. The Hall–Kier alpha value is -0.140. The third-order valence-corrected chi connectivity index (χ3v) is 4.51. The second kappa shape index (κ2) is 10.6. The van der Waals surface area contributed by atoms with Gasteiger partial charge in [0.05, 0.1) is 5.56 Å². The lowest BCUT2D eigenvalue weighted by molar-refractivity contribution is 0.0950. The molecule has 1 fully saturated rings. The Balaban J connectivity index is 0.00000200. The van der Waals surface area contributed by atoms with Gasteiger partial charge in [-0.2, -0.15) is 11.8 Å². The van der Waals surface area contributed by atoms with Crippen molar-refractivity contribution in [2.24, 2.45) is 0 Å². The normalized spacial score (nSPS) is 14.7. The monoisotopic (exact) mass is 415 g/mol. The Morgan fingerprint density at radius 1 is 1.33 bits per heavy atom. The third kappa shape index (κ3) is 6.65. The van der Waals surface area contributed by atoms with Crippen LogP contribution in [0, 0.1) is 0 Å². The summed E-state index contributed by atoms with van der Waals surface area (Å²) in [4.78, 5) is 14.4. The first kappa shape index (κ1) is 20.9. The van der Waals surface area contributed by atoms with E-state index in [0.717, 1.165) is 24.1 Å². The maximum absolute atomic E-state index is 12.0. The molecule has 2 rings (SSSR count). The quantitative estimate of drug-likeness (QED) is 0.740. The van der Waals surface area contributed by atoms with Gasteiger partial charge in [0, 0.05) is 47.8 Å². The highest BCUT2D eigenvalue weighted by Crippen LogP contribution is 2.18. The number of thioether (sulfide) groups is 1. The molecule has 4 nitrogen and oxygen atoms in total. The van der Waals surface area contributed by atoms with E-state index in [1.165, 1.54) is 11.5 Å². The van der Waals surface area contributed by atoms with Gasteiger partial charge in [-0.15, -0.1) is 24.8 Å². The van der Waals surface area contributed by atoms with E-state index in [1.807, 2.05) is 17.8 Å². The highest BCUT2D eigenvalue weighted by molar-refractivity contribution is 9.10. The van der Waals surface area contributed by atoms with E-state index >= 15 is 0 Å². The number of nitrogen functional groups attached to an aromatic ring is 1. The molecule has 8 heteroatoms. The molecule has 3 N–H and O–H groups in total. The van der Waals surface area contributed by atoms with Crippen LogP contribution in [0.25, 0.3) is 0 Å². The molecule has 21 heavy (non-hydrogen) atoms. The average Bonchev–Trinajstić information content (AvgIpc) is 2.39. The van der Waals surface area contributed by atoms with Crippen molar-refractivity contribution in [2.45, 2.75) is 0 Å². The zero-order chi connectivity index (χ0) is 13.7. The molecule has 0 unspecified atom stereocenters. The number of carbonyl (C=O) groups excluding carboxylic acids is 1. The van der Waals surface area contributed by atoms with Crippen molar-refractivity contribution in [3.8, 4) is 0 Å².